The molecule has 1 aliphatic carbocycles. The van der Waals surface area contributed by atoms with Crippen LogP contribution in [0.2, 0.25) is 4.71 Å². The number of amides is 1. The van der Waals surface area contributed by atoms with E-state index in [0.29, 0.717) is 5.70 Å². The summed E-state index contributed by atoms with van der Waals surface area (Å²) in [6, 6.07) is 0. The van der Waals surface area contributed by atoms with Crippen molar-refractivity contribution in [2.24, 2.45) is 5.41 Å². The zero-order valence-electron chi connectivity index (χ0n) is 10.8. The van der Waals surface area contributed by atoms with E-state index in [1.807, 2.05) is 0 Å². The Bertz CT molecular complexity index is 511. The molecular formula is C11H16AsNO6. The van der Waals surface area contributed by atoms with E-state index in [-0.39, 0.29) is 11.7 Å². The van der Waals surface area contributed by atoms with Crippen LogP contribution in [0.15, 0.2) is 23.9 Å². The summed E-state index contributed by atoms with van der Waals surface area (Å²) in [6.07, 6.45) is 4.09. The van der Waals surface area contributed by atoms with Gasteiger partial charge in [-0.1, -0.05) is 0 Å². The Morgan fingerprint density at radius 2 is 2.05 bits per heavy atom. The van der Waals surface area contributed by atoms with Crippen molar-refractivity contribution in [2.45, 2.75) is 25.5 Å². The first-order valence-electron chi connectivity index (χ1n) is 5.49. The van der Waals surface area contributed by atoms with Crippen LogP contribution in [0.3, 0.4) is 0 Å². The van der Waals surface area contributed by atoms with E-state index in [1.54, 1.807) is 0 Å². The molecule has 8 heteroatoms. The Kier molecular flexibility index (Phi) is 4.58. The number of rotatable bonds is 4. The fraction of sp³-hybridized carbons (Fsp3) is 0.455. The van der Waals surface area contributed by atoms with E-state index in [2.05, 4.69) is 9.19 Å². The molecule has 0 aromatic heterocycles. The Morgan fingerprint density at radius 1 is 1.47 bits per heavy atom. The van der Waals surface area contributed by atoms with Crippen LogP contribution < -0.4 is 5.32 Å². The van der Waals surface area contributed by atoms with Crippen LogP contribution in [-0.2, 0) is 17.2 Å². The Labute approximate surface area is 113 Å². The molecule has 0 heterocycles. The second kappa shape index (κ2) is 5.46. The molecule has 1 amide bonds. The Hall–Kier alpha value is -1.14. The number of hydrogen-bond donors (Lipinski definition) is 3. The molecule has 0 spiro atoms. The van der Waals surface area contributed by atoms with Crippen LogP contribution in [0.1, 0.15) is 20.8 Å². The monoisotopic (exact) mass is 333 g/mol. The second-order valence-electron chi connectivity index (χ2n) is 4.57. The molecule has 0 bridgehead atoms. The van der Waals surface area contributed by atoms with E-state index in [9.17, 15) is 17.4 Å². The molecule has 3 unspecified atom stereocenters. The molecule has 1 rings (SSSR count). The summed E-state index contributed by atoms with van der Waals surface area (Å²) in [4.78, 5) is 22.8. The van der Waals surface area contributed by atoms with Crippen LogP contribution in [0, 0.1) is 5.41 Å². The number of nitrogens with one attached hydrogen (secondary N) is 1. The average molecular weight is 333 g/mol. The number of allylic oxidation sites excluding steroid dienone is 3. The first-order valence-corrected chi connectivity index (χ1v) is 8.94. The molecule has 0 radical (unpaired) electrons. The molecule has 7 nitrogen and oxygen atoms in total. The zero-order chi connectivity index (χ0) is 14.8. The molecule has 3 N–H and O–H groups in total. The van der Waals surface area contributed by atoms with Crippen LogP contribution in [-0.4, -0.2) is 35.2 Å². The van der Waals surface area contributed by atoms with Gasteiger partial charge in [0.2, 0.25) is 0 Å². The number of Topliss-reactive ketones (excluding diaryl/α,β-unsaturated/α-hetero) is 1. The maximum atomic E-state index is 11.8. The van der Waals surface area contributed by atoms with Crippen LogP contribution in [0.25, 0.3) is 0 Å². The SMILES string of the molecule is CC(=O)NC1=CC(C)(C(C)=O)C([As](=O)(O)OO)C=C1. The summed E-state index contributed by atoms with van der Waals surface area (Å²) in [5, 5.41) is 11.0. The second-order valence-corrected chi connectivity index (χ2v) is 8.45. The molecule has 106 valence electrons. The number of ketones is 1. The fourth-order valence-electron chi connectivity index (χ4n) is 1.94. The van der Waals surface area contributed by atoms with Gasteiger partial charge in [0.15, 0.2) is 0 Å². The number of hydrogen-bond acceptors (Lipinski definition) is 5. The van der Waals surface area contributed by atoms with Gasteiger partial charge in [-0.05, 0) is 0 Å². The predicted octanol–water partition coefficient (Wildman–Crippen LogP) is 0.393. The Morgan fingerprint density at radius 3 is 2.47 bits per heavy atom. The minimum absolute atomic E-state index is 0.323. The van der Waals surface area contributed by atoms with Gasteiger partial charge in [0.1, 0.15) is 0 Å². The normalized spacial score (nSPS) is 29.3. The van der Waals surface area contributed by atoms with E-state index in [4.69, 9.17) is 5.26 Å². The molecule has 0 aromatic carbocycles. The molecule has 3 atom stereocenters. The standard InChI is InChI=1S/C11H16AsNO6/c1-7(14)11(3)6-9(13-8(2)15)4-5-10(11)12(16,17)19-18/h4-6,10,18H,1-3H3,(H,13,15)(H,16,17). The fourth-order valence-corrected chi connectivity index (χ4v) is 4.75. The van der Waals surface area contributed by atoms with Gasteiger partial charge < -0.3 is 0 Å². The third kappa shape index (κ3) is 3.25. The van der Waals surface area contributed by atoms with Crippen molar-refractivity contribution in [2.75, 3.05) is 0 Å². The van der Waals surface area contributed by atoms with E-state index >= 15 is 0 Å². The summed E-state index contributed by atoms with van der Waals surface area (Å²) in [5.74, 6) is -0.700. The molecule has 0 fully saturated rings. The van der Waals surface area contributed by atoms with Gasteiger partial charge in [0.05, 0.1) is 0 Å². The van der Waals surface area contributed by atoms with Crippen molar-refractivity contribution in [3.8, 4) is 0 Å². The van der Waals surface area contributed by atoms with Gasteiger partial charge in [-0.3, -0.25) is 0 Å². The van der Waals surface area contributed by atoms with Gasteiger partial charge in [0, 0.05) is 0 Å². The molecular weight excluding hydrogens is 317 g/mol. The molecule has 0 saturated carbocycles. The third-order valence-corrected chi connectivity index (χ3v) is 6.53. The molecule has 0 saturated heterocycles. The van der Waals surface area contributed by atoms with Crippen molar-refractivity contribution in [3.63, 3.8) is 0 Å². The number of carbonyl (C=O) groups is 2. The minimum atomic E-state index is -5.07. The van der Waals surface area contributed by atoms with Gasteiger partial charge in [-0.25, -0.2) is 0 Å². The van der Waals surface area contributed by atoms with Crippen LogP contribution >= 0.6 is 0 Å². The van der Waals surface area contributed by atoms with Crippen molar-refractivity contribution >= 4 is 25.9 Å². The zero-order valence-corrected chi connectivity index (χ0v) is 12.7. The first-order chi connectivity index (χ1) is 8.63. The maximum absolute atomic E-state index is 11.8. The van der Waals surface area contributed by atoms with E-state index in [1.165, 1.54) is 39.0 Å². The van der Waals surface area contributed by atoms with Gasteiger partial charge in [0.25, 0.3) is 0 Å². The van der Waals surface area contributed by atoms with Crippen molar-refractivity contribution in [3.05, 3.63) is 23.9 Å². The van der Waals surface area contributed by atoms with Crippen molar-refractivity contribution in [1.29, 1.82) is 0 Å². The van der Waals surface area contributed by atoms with Gasteiger partial charge in [-0.2, -0.15) is 0 Å². The van der Waals surface area contributed by atoms with Crippen molar-refractivity contribution < 1.29 is 26.6 Å². The number of carbonyl (C=O) groups excluding carboxylic acids is 2. The molecule has 0 aromatic rings. The van der Waals surface area contributed by atoms with Gasteiger partial charge in [-0.15, -0.1) is 0 Å². The third-order valence-electron chi connectivity index (χ3n) is 3.08. The average Bonchev–Trinajstić information content (AvgIpc) is 2.27. The topological polar surface area (TPSA) is 113 Å². The molecule has 1 aliphatic rings. The van der Waals surface area contributed by atoms with Crippen molar-refractivity contribution in [1.82, 2.24) is 5.32 Å². The molecule has 19 heavy (non-hydrogen) atoms. The van der Waals surface area contributed by atoms with E-state index < -0.39 is 24.3 Å². The summed E-state index contributed by atoms with van der Waals surface area (Å²) >= 11 is -5.07. The van der Waals surface area contributed by atoms with Crippen LogP contribution in [0.5, 0.6) is 0 Å². The quantitative estimate of drug-likeness (QED) is 0.390. The first kappa shape index (κ1) is 15.9. The Balaban J connectivity index is 3.24. The summed E-state index contributed by atoms with van der Waals surface area (Å²) in [7, 11) is 0. The summed E-state index contributed by atoms with van der Waals surface area (Å²) < 4.78 is 24.0. The van der Waals surface area contributed by atoms with E-state index in [0.717, 1.165) is 0 Å². The summed E-state index contributed by atoms with van der Waals surface area (Å²) in [6.45, 7) is 4.03. The van der Waals surface area contributed by atoms with Crippen LogP contribution in [0.4, 0.5) is 0 Å². The predicted molar refractivity (Wildman–Crippen MR) is 66.0 cm³/mol. The summed E-state index contributed by atoms with van der Waals surface area (Å²) in [5.41, 5.74) is -0.978. The molecule has 0 aliphatic heterocycles. The van der Waals surface area contributed by atoms with Gasteiger partial charge >= 0.3 is 113 Å².